The van der Waals surface area contributed by atoms with Crippen molar-refractivity contribution in [3.05, 3.63) is 0 Å². The van der Waals surface area contributed by atoms with Crippen LogP contribution in [0.1, 0.15) is 32.6 Å². The van der Waals surface area contributed by atoms with Crippen LogP contribution in [0, 0.1) is 0 Å². The van der Waals surface area contributed by atoms with Crippen LogP contribution in [-0.4, -0.2) is 46.1 Å². The summed E-state index contributed by atoms with van der Waals surface area (Å²) in [7, 11) is 0. The van der Waals surface area contributed by atoms with Gasteiger partial charge in [-0.15, -0.1) is 0 Å². The molecule has 1 aliphatic carbocycles. The van der Waals surface area contributed by atoms with E-state index in [0.717, 1.165) is 25.0 Å². The van der Waals surface area contributed by atoms with Crippen LogP contribution in [-0.2, 0) is 9.59 Å². The maximum absolute atomic E-state index is 11.7. The summed E-state index contributed by atoms with van der Waals surface area (Å²) in [4.78, 5) is 33.3. The lowest BCUT2D eigenvalue weighted by atomic mass is 10.2. The van der Waals surface area contributed by atoms with Gasteiger partial charge in [-0.1, -0.05) is 6.92 Å². The highest BCUT2D eigenvalue weighted by Crippen LogP contribution is 2.29. The summed E-state index contributed by atoms with van der Waals surface area (Å²) >= 11 is 1.87. The Balaban J connectivity index is 2.38. The van der Waals surface area contributed by atoms with Gasteiger partial charge in [-0.25, -0.2) is 9.59 Å². The second-order valence-electron chi connectivity index (χ2n) is 4.77. The van der Waals surface area contributed by atoms with E-state index in [-0.39, 0.29) is 6.04 Å². The van der Waals surface area contributed by atoms with Crippen molar-refractivity contribution in [1.82, 2.24) is 10.6 Å². The summed E-state index contributed by atoms with van der Waals surface area (Å²) in [6.07, 6.45) is 2.41. The molecule has 3 amide bonds. The average Bonchev–Trinajstić information content (AvgIpc) is 2.75. The van der Waals surface area contributed by atoms with E-state index < -0.39 is 30.4 Å². The van der Waals surface area contributed by atoms with Gasteiger partial charge in [-0.2, -0.15) is 11.8 Å². The van der Waals surface area contributed by atoms with Gasteiger partial charge in [0.25, 0.3) is 0 Å². The van der Waals surface area contributed by atoms with E-state index in [1.807, 2.05) is 11.8 Å². The second-order valence-corrected chi connectivity index (χ2v) is 6.34. The lowest BCUT2D eigenvalue weighted by Crippen LogP contribution is -2.49. The molecule has 0 aromatic carbocycles. The van der Waals surface area contributed by atoms with E-state index in [0.29, 0.717) is 5.25 Å². The lowest BCUT2D eigenvalue weighted by molar-refractivity contribution is -0.140. The van der Waals surface area contributed by atoms with Crippen molar-refractivity contribution in [2.75, 3.05) is 5.75 Å². The molecule has 0 bridgehead atoms. The van der Waals surface area contributed by atoms with Crippen molar-refractivity contribution in [2.24, 2.45) is 5.73 Å². The van der Waals surface area contributed by atoms with E-state index in [2.05, 4.69) is 17.6 Å². The molecule has 1 rings (SSSR count). The first kappa shape index (κ1) is 16.6. The van der Waals surface area contributed by atoms with Crippen LogP contribution in [0.15, 0.2) is 0 Å². The fourth-order valence-corrected chi connectivity index (χ4v) is 3.39. The summed E-state index contributed by atoms with van der Waals surface area (Å²) in [5, 5.41) is 14.4. The first-order valence-corrected chi connectivity index (χ1v) is 7.67. The number of thioether (sulfide) groups is 1. The Labute approximate surface area is 122 Å². The Hall–Kier alpha value is -1.44. The smallest absolute Gasteiger partial charge is 0.326 e. The molecule has 0 aromatic rings. The van der Waals surface area contributed by atoms with Gasteiger partial charge < -0.3 is 21.5 Å². The van der Waals surface area contributed by atoms with Gasteiger partial charge in [0.05, 0.1) is 6.42 Å². The summed E-state index contributed by atoms with van der Waals surface area (Å²) in [5.74, 6) is -0.994. The number of amides is 3. The normalized spacial score (nSPS) is 23.1. The fourth-order valence-electron chi connectivity index (χ4n) is 2.24. The molecule has 0 heterocycles. The minimum absolute atomic E-state index is 0.0575. The maximum atomic E-state index is 11.7. The van der Waals surface area contributed by atoms with Gasteiger partial charge in [-0.05, 0) is 25.0 Å². The van der Waals surface area contributed by atoms with Crippen molar-refractivity contribution in [1.29, 1.82) is 0 Å². The third-order valence-corrected chi connectivity index (χ3v) is 4.36. The van der Waals surface area contributed by atoms with Crippen LogP contribution in [0.25, 0.3) is 0 Å². The number of carboxylic acid groups (broad SMARTS) is 1. The Morgan fingerprint density at radius 3 is 2.65 bits per heavy atom. The number of rotatable bonds is 7. The molecule has 20 heavy (non-hydrogen) atoms. The van der Waals surface area contributed by atoms with Crippen LogP contribution < -0.4 is 16.4 Å². The quantitative estimate of drug-likeness (QED) is 0.538. The highest BCUT2D eigenvalue weighted by molar-refractivity contribution is 7.99. The van der Waals surface area contributed by atoms with Crippen LogP contribution in [0.2, 0.25) is 0 Å². The largest absolute Gasteiger partial charge is 0.480 e. The first-order valence-electron chi connectivity index (χ1n) is 6.62. The highest BCUT2D eigenvalue weighted by Gasteiger charge is 2.27. The third kappa shape index (κ3) is 5.68. The van der Waals surface area contributed by atoms with Crippen LogP contribution in [0.3, 0.4) is 0 Å². The fraction of sp³-hybridized carbons (Fsp3) is 0.750. The van der Waals surface area contributed by atoms with Crippen molar-refractivity contribution in [2.45, 2.75) is 49.9 Å². The molecule has 3 atom stereocenters. The van der Waals surface area contributed by atoms with E-state index in [1.54, 1.807) is 0 Å². The summed E-state index contributed by atoms with van der Waals surface area (Å²) in [6.45, 7) is 2.10. The van der Waals surface area contributed by atoms with E-state index in [9.17, 15) is 14.4 Å². The number of carbonyl (C=O) groups is 3. The van der Waals surface area contributed by atoms with Gasteiger partial charge >= 0.3 is 12.0 Å². The Kier molecular flexibility index (Phi) is 6.63. The van der Waals surface area contributed by atoms with Gasteiger partial charge in [0.1, 0.15) is 6.04 Å². The maximum Gasteiger partial charge on any atom is 0.326 e. The molecule has 114 valence electrons. The molecule has 7 nitrogen and oxygen atoms in total. The van der Waals surface area contributed by atoms with Crippen molar-refractivity contribution < 1.29 is 19.5 Å². The Bertz CT molecular complexity index is 378. The summed E-state index contributed by atoms with van der Waals surface area (Å²) < 4.78 is 0. The van der Waals surface area contributed by atoms with Crippen molar-refractivity contribution >= 4 is 29.7 Å². The minimum Gasteiger partial charge on any atom is -0.480 e. The SMILES string of the molecule is CCSC1CCC(NC(=O)N[C@H](CC(N)=O)C(=O)O)C1. The standard InChI is InChI=1S/C12H21N3O4S/c1-2-20-8-4-3-7(5-8)14-12(19)15-9(11(17)18)6-10(13)16/h7-9H,2-6H2,1H3,(H2,13,16)(H,17,18)(H2,14,15,19)/t7?,8?,9-/m1/s1. The lowest BCUT2D eigenvalue weighted by Gasteiger charge is -2.17. The second kappa shape index (κ2) is 7.98. The molecular weight excluding hydrogens is 282 g/mol. The van der Waals surface area contributed by atoms with Crippen molar-refractivity contribution in [3.63, 3.8) is 0 Å². The van der Waals surface area contributed by atoms with E-state index in [4.69, 9.17) is 10.8 Å². The molecule has 1 saturated carbocycles. The molecule has 0 saturated heterocycles. The van der Waals surface area contributed by atoms with Crippen molar-refractivity contribution in [3.8, 4) is 0 Å². The summed E-state index contributed by atoms with van der Waals surface area (Å²) in [5.41, 5.74) is 4.95. The average molecular weight is 303 g/mol. The zero-order valence-electron chi connectivity index (χ0n) is 11.4. The summed E-state index contributed by atoms with van der Waals surface area (Å²) in [6, 6.07) is -1.79. The first-order chi connectivity index (χ1) is 9.42. The topological polar surface area (TPSA) is 122 Å². The molecule has 0 aliphatic heterocycles. The number of nitrogens with one attached hydrogen (secondary N) is 2. The Morgan fingerprint density at radius 1 is 1.40 bits per heavy atom. The molecule has 0 aromatic heterocycles. The van der Waals surface area contributed by atoms with Gasteiger partial charge in [0.2, 0.25) is 5.91 Å². The predicted octanol–water partition coefficient (Wildman–Crippen LogP) is 0.288. The molecule has 5 N–H and O–H groups in total. The molecule has 0 spiro atoms. The highest BCUT2D eigenvalue weighted by atomic mass is 32.2. The van der Waals surface area contributed by atoms with Gasteiger partial charge in [0.15, 0.2) is 0 Å². The number of carboxylic acids is 1. The number of primary amides is 1. The monoisotopic (exact) mass is 303 g/mol. The zero-order chi connectivity index (χ0) is 15.1. The predicted molar refractivity (Wildman–Crippen MR) is 76.5 cm³/mol. The van der Waals surface area contributed by atoms with E-state index >= 15 is 0 Å². The number of nitrogens with two attached hydrogens (primary N) is 1. The van der Waals surface area contributed by atoms with E-state index in [1.165, 1.54) is 0 Å². The van der Waals surface area contributed by atoms with Crippen LogP contribution >= 0.6 is 11.8 Å². The molecule has 8 heteroatoms. The Morgan fingerprint density at radius 2 is 2.10 bits per heavy atom. The van der Waals surface area contributed by atoms with Gasteiger partial charge in [-0.3, -0.25) is 4.79 Å². The minimum atomic E-state index is -1.28. The molecule has 1 aliphatic rings. The number of hydrogen-bond donors (Lipinski definition) is 4. The molecule has 1 fully saturated rings. The zero-order valence-corrected chi connectivity index (χ0v) is 12.2. The van der Waals surface area contributed by atoms with Crippen LogP contribution in [0.4, 0.5) is 4.79 Å². The number of aliphatic carboxylic acids is 1. The number of urea groups is 1. The molecular formula is C12H21N3O4S. The molecule has 2 unspecified atom stereocenters. The number of hydrogen-bond acceptors (Lipinski definition) is 4. The van der Waals surface area contributed by atoms with Gasteiger partial charge in [0, 0.05) is 11.3 Å². The van der Waals surface area contributed by atoms with Crippen LogP contribution in [0.5, 0.6) is 0 Å². The third-order valence-electron chi connectivity index (χ3n) is 3.13. The number of carbonyl (C=O) groups excluding carboxylic acids is 2. The molecule has 0 radical (unpaired) electrons.